The first-order valence-electron chi connectivity index (χ1n) is 5.12. The first-order valence-corrected chi connectivity index (χ1v) is 5.12. The summed E-state index contributed by atoms with van der Waals surface area (Å²) in [6.45, 7) is 4.51. The van der Waals surface area contributed by atoms with E-state index in [9.17, 15) is 9.59 Å². The second-order valence-corrected chi connectivity index (χ2v) is 4.06. The van der Waals surface area contributed by atoms with Gasteiger partial charge in [0.25, 0.3) is 0 Å². The Kier molecular flexibility index (Phi) is 2.64. The molecule has 1 aromatic rings. The lowest BCUT2D eigenvalue weighted by atomic mass is 10.1. The molecule has 0 aromatic heterocycles. The van der Waals surface area contributed by atoms with Crippen molar-refractivity contribution in [3.8, 4) is 5.75 Å². The summed E-state index contributed by atoms with van der Waals surface area (Å²) in [6.07, 6.45) is 0. The van der Waals surface area contributed by atoms with Gasteiger partial charge >= 0.3 is 11.9 Å². The van der Waals surface area contributed by atoms with Crippen LogP contribution < -0.4 is 4.74 Å². The highest BCUT2D eigenvalue weighted by atomic mass is 16.6. The van der Waals surface area contributed by atoms with Gasteiger partial charge < -0.3 is 9.47 Å². The van der Waals surface area contributed by atoms with Crippen LogP contribution in [0.15, 0.2) is 18.2 Å². The van der Waals surface area contributed by atoms with Crippen LogP contribution in [0.5, 0.6) is 5.75 Å². The zero-order chi connectivity index (χ0) is 11.7. The SMILES string of the molecule is CC(C)COc1cccc2c1C(=O)OC2=O. The van der Waals surface area contributed by atoms with Crippen LogP contribution in [0, 0.1) is 5.92 Å². The number of carbonyl (C=O) groups excluding carboxylic acids is 2. The van der Waals surface area contributed by atoms with E-state index in [0.717, 1.165) is 0 Å². The van der Waals surface area contributed by atoms with E-state index in [1.165, 1.54) is 0 Å². The van der Waals surface area contributed by atoms with Crippen molar-refractivity contribution in [2.24, 2.45) is 5.92 Å². The van der Waals surface area contributed by atoms with Crippen LogP contribution in [0.1, 0.15) is 34.6 Å². The van der Waals surface area contributed by atoms with Gasteiger partial charge in [0.1, 0.15) is 11.3 Å². The Morgan fingerprint density at radius 3 is 2.69 bits per heavy atom. The molecule has 4 heteroatoms. The first kappa shape index (κ1) is 10.7. The zero-order valence-corrected chi connectivity index (χ0v) is 9.15. The summed E-state index contributed by atoms with van der Waals surface area (Å²) >= 11 is 0. The number of hydrogen-bond donors (Lipinski definition) is 0. The Morgan fingerprint density at radius 1 is 1.25 bits per heavy atom. The van der Waals surface area contributed by atoms with E-state index in [4.69, 9.17) is 4.74 Å². The van der Waals surface area contributed by atoms with Gasteiger partial charge in [-0.25, -0.2) is 9.59 Å². The van der Waals surface area contributed by atoms with E-state index in [1.54, 1.807) is 18.2 Å². The molecule has 16 heavy (non-hydrogen) atoms. The third kappa shape index (κ3) is 1.78. The van der Waals surface area contributed by atoms with Gasteiger partial charge in [-0.2, -0.15) is 0 Å². The predicted molar refractivity (Wildman–Crippen MR) is 56.5 cm³/mol. The molecule has 4 nitrogen and oxygen atoms in total. The largest absolute Gasteiger partial charge is 0.492 e. The van der Waals surface area contributed by atoms with E-state index in [2.05, 4.69) is 4.74 Å². The van der Waals surface area contributed by atoms with Crippen LogP contribution in [0.2, 0.25) is 0 Å². The fourth-order valence-electron chi connectivity index (χ4n) is 1.48. The Morgan fingerprint density at radius 2 is 2.00 bits per heavy atom. The maximum atomic E-state index is 11.4. The molecule has 0 saturated carbocycles. The van der Waals surface area contributed by atoms with Crippen LogP contribution in [0.25, 0.3) is 0 Å². The molecule has 0 radical (unpaired) electrons. The number of cyclic esters (lactones) is 2. The van der Waals surface area contributed by atoms with Gasteiger partial charge in [0.2, 0.25) is 0 Å². The summed E-state index contributed by atoms with van der Waals surface area (Å²) in [5, 5.41) is 0. The average Bonchev–Trinajstić information content (AvgIpc) is 2.52. The molecule has 0 fully saturated rings. The summed E-state index contributed by atoms with van der Waals surface area (Å²) in [5.41, 5.74) is 0.527. The second-order valence-electron chi connectivity index (χ2n) is 4.06. The standard InChI is InChI=1S/C12H12O4/c1-7(2)6-15-9-5-3-4-8-10(9)12(14)16-11(8)13/h3-5,7H,6H2,1-2H3. The monoisotopic (exact) mass is 220 g/mol. The van der Waals surface area contributed by atoms with Crippen LogP contribution in [-0.4, -0.2) is 18.5 Å². The Bertz CT molecular complexity index is 448. The Hall–Kier alpha value is -1.84. The van der Waals surface area contributed by atoms with Crippen molar-refractivity contribution < 1.29 is 19.1 Å². The fraction of sp³-hybridized carbons (Fsp3) is 0.333. The lowest BCUT2D eigenvalue weighted by Crippen LogP contribution is -2.07. The maximum absolute atomic E-state index is 11.4. The van der Waals surface area contributed by atoms with Crippen molar-refractivity contribution in [2.45, 2.75) is 13.8 Å². The number of esters is 2. The van der Waals surface area contributed by atoms with Crippen LogP contribution in [0.4, 0.5) is 0 Å². The highest BCUT2D eigenvalue weighted by Gasteiger charge is 2.32. The Balaban J connectivity index is 2.34. The summed E-state index contributed by atoms with van der Waals surface area (Å²) in [7, 11) is 0. The second kappa shape index (κ2) is 3.96. The smallest absolute Gasteiger partial charge is 0.350 e. The molecule has 1 heterocycles. The minimum Gasteiger partial charge on any atom is -0.492 e. The molecule has 1 aromatic carbocycles. The minimum absolute atomic E-state index is 0.244. The molecular formula is C12H12O4. The van der Waals surface area contributed by atoms with Crippen molar-refractivity contribution >= 4 is 11.9 Å². The molecule has 1 aliphatic heterocycles. The third-order valence-electron chi connectivity index (χ3n) is 2.21. The van der Waals surface area contributed by atoms with E-state index in [0.29, 0.717) is 18.3 Å². The van der Waals surface area contributed by atoms with Gasteiger partial charge in [0.15, 0.2) is 0 Å². The lowest BCUT2D eigenvalue weighted by molar-refractivity contribution is 0.0442. The number of fused-ring (bicyclic) bond motifs is 1. The molecule has 0 unspecified atom stereocenters. The Labute approximate surface area is 93.2 Å². The molecule has 0 spiro atoms. The highest BCUT2D eigenvalue weighted by Crippen LogP contribution is 2.29. The zero-order valence-electron chi connectivity index (χ0n) is 9.15. The van der Waals surface area contributed by atoms with E-state index < -0.39 is 11.9 Å². The molecule has 0 saturated heterocycles. The number of rotatable bonds is 3. The van der Waals surface area contributed by atoms with Gasteiger partial charge in [-0.05, 0) is 18.1 Å². The van der Waals surface area contributed by atoms with Gasteiger partial charge in [0.05, 0.1) is 12.2 Å². The number of hydrogen-bond acceptors (Lipinski definition) is 4. The first-order chi connectivity index (χ1) is 7.59. The van der Waals surface area contributed by atoms with E-state index in [-0.39, 0.29) is 11.1 Å². The van der Waals surface area contributed by atoms with Crippen LogP contribution >= 0.6 is 0 Å². The number of benzene rings is 1. The third-order valence-corrected chi connectivity index (χ3v) is 2.21. The van der Waals surface area contributed by atoms with Crippen molar-refractivity contribution in [1.82, 2.24) is 0 Å². The molecule has 1 aliphatic rings. The predicted octanol–water partition coefficient (Wildman–Crippen LogP) is 2.03. The van der Waals surface area contributed by atoms with Crippen molar-refractivity contribution in [2.75, 3.05) is 6.61 Å². The van der Waals surface area contributed by atoms with Crippen molar-refractivity contribution in [3.05, 3.63) is 29.3 Å². The maximum Gasteiger partial charge on any atom is 0.350 e. The summed E-state index contributed by atoms with van der Waals surface area (Å²) in [5.74, 6) is -0.458. The molecule has 0 N–H and O–H groups in total. The van der Waals surface area contributed by atoms with Crippen molar-refractivity contribution in [1.29, 1.82) is 0 Å². The number of ether oxygens (including phenoxy) is 2. The van der Waals surface area contributed by atoms with E-state index in [1.807, 2.05) is 13.8 Å². The quantitative estimate of drug-likeness (QED) is 0.577. The molecule has 2 rings (SSSR count). The lowest BCUT2D eigenvalue weighted by Gasteiger charge is -2.09. The molecule has 0 aliphatic carbocycles. The topological polar surface area (TPSA) is 52.6 Å². The fourth-order valence-corrected chi connectivity index (χ4v) is 1.48. The molecule has 0 atom stereocenters. The molecule has 0 bridgehead atoms. The summed E-state index contributed by atoms with van der Waals surface area (Å²) in [6, 6.07) is 4.90. The van der Waals surface area contributed by atoms with E-state index >= 15 is 0 Å². The van der Waals surface area contributed by atoms with Gasteiger partial charge in [-0.15, -0.1) is 0 Å². The van der Waals surface area contributed by atoms with Gasteiger partial charge in [-0.3, -0.25) is 0 Å². The molecule has 0 amide bonds. The highest BCUT2D eigenvalue weighted by molar-refractivity contribution is 6.16. The van der Waals surface area contributed by atoms with Crippen molar-refractivity contribution in [3.63, 3.8) is 0 Å². The number of carbonyl (C=O) groups is 2. The van der Waals surface area contributed by atoms with Crippen LogP contribution in [0.3, 0.4) is 0 Å². The summed E-state index contributed by atoms with van der Waals surface area (Å²) in [4.78, 5) is 22.7. The summed E-state index contributed by atoms with van der Waals surface area (Å²) < 4.78 is 10.00. The normalized spacial score (nSPS) is 13.9. The minimum atomic E-state index is -0.626. The van der Waals surface area contributed by atoms with Gasteiger partial charge in [-0.1, -0.05) is 19.9 Å². The van der Waals surface area contributed by atoms with Crippen LogP contribution in [-0.2, 0) is 4.74 Å². The van der Waals surface area contributed by atoms with Gasteiger partial charge in [0, 0.05) is 0 Å². The molecule has 84 valence electrons. The average molecular weight is 220 g/mol. The molecular weight excluding hydrogens is 208 g/mol.